The Morgan fingerprint density at radius 1 is 1.23 bits per heavy atom. The Balaban J connectivity index is 2.28. The van der Waals surface area contributed by atoms with Crippen LogP contribution < -0.4 is 0 Å². The number of benzene rings is 2. The smallest absolute Gasteiger partial charge is 0.321 e. The molecule has 2 aromatic rings. The van der Waals surface area contributed by atoms with Crippen LogP contribution in [0.1, 0.15) is 10.8 Å². The number of ether oxygens (including phenoxy) is 1. The van der Waals surface area contributed by atoms with E-state index >= 15 is 0 Å². The topological polar surface area (TPSA) is 46.5 Å². The van der Waals surface area contributed by atoms with E-state index in [0.717, 1.165) is 22.9 Å². The van der Waals surface area contributed by atoms with Gasteiger partial charge in [-0.05, 0) is 29.4 Å². The molecule has 0 saturated heterocycles. The van der Waals surface area contributed by atoms with Gasteiger partial charge in [0.1, 0.15) is 5.25 Å². The Kier molecular flexibility index (Phi) is 5.83. The van der Waals surface area contributed by atoms with Gasteiger partial charge in [-0.15, -0.1) is 0 Å². The second-order valence-electron chi connectivity index (χ2n) is 4.39. The van der Waals surface area contributed by atoms with Crippen molar-refractivity contribution >= 4 is 45.9 Å². The van der Waals surface area contributed by atoms with Gasteiger partial charge in [-0.25, -0.2) is 0 Å². The quantitative estimate of drug-likeness (QED) is 0.801. The number of methoxy groups -OCH3 is 1. The van der Waals surface area contributed by atoms with Gasteiger partial charge < -0.3 is 9.84 Å². The van der Waals surface area contributed by atoms with Gasteiger partial charge in [0.2, 0.25) is 4.38 Å². The first-order chi connectivity index (χ1) is 10.5. The molecule has 0 bridgehead atoms. The van der Waals surface area contributed by atoms with E-state index in [1.165, 1.54) is 7.11 Å². The number of aliphatic carboxylic acids is 1. The number of hydrogen-bond acceptors (Lipinski definition) is 4. The van der Waals surface area contributed by atoms with E-state index in [-0.39, 0.29) is 4.38 Å². The van der Waals surface area contributed by atoms with Crippen molar-refractivity contribution in [3.63, 3.8) is 0 Å². The summed E-state index contributed by atoms with van der Waals surface area (Å²) in [5.74, 6) is -0.963. The lowest BCUT2D eigenvalue weighted by atomic mass is 10.0. The molecule has 0 radical (unpaired) electrons. The zero-order valence-corrected chi connectivity index (χ0v) is 14.0. The lowest BCUT2D eigenvalue weighted by Crippen LogP contribution is -2.10. The summed E-state index contributed by atoms with van der Waals surface area (Å²) in [6.07, 6.45) is 0. The van der Waals surface area contributed by atoms with Crippen LogP contribution in [0.2, 0.25) is 5.02 Å². The molecule has 0 saturated carbocycles. The molecule has 114 valence electrons. The highest BCUT2D eigenvalue weighted by Crippen LogP contribution is 2.33. The zero-order valence-electron chi connectivity index (χ0n) is 11.7. The Bertz CT molecular complexity index is 686. The number of carboxylic acids is 1. The number of carboxylic acid groups (broad SMARTS) is 1. The van der Waals surface area contributed by atoms with E-state index in [1.807, 2.05) is 36.4 Å². The van der Waals surface area contributed by atoms with E-state index in [9.17, 15) is 9.90 Å². The first-order valence-electron chi connectivity index (χ1n) is 6.35. The fraction of sp³-hybridized carbons (Fsp3) is 0.125. The van der Waals surface area contributed by atoms with Gasteiger partial charge in [-0.1, -0.05) is 65.8 Å². The van der Waals surface area contributed by atoms with Crippen LogP contribution in [-0.4, -0.2) is 22.6 Å². The van der Waals surface area contributed by atoms with Gasteiger partial charge in [0.05, 0.1) is 7.11 Å². The zero-order chi connectivity index (χ0) is 16.1. The van der Waals surface area contributed by atoms with E-state index in [1.54, 1.807) is 12.1 Å². The molecule has 1 N–H and O–H groups in total. The SMILES string of the molecule is COC(=S)SC(C(=O)O)c1ccc(-c2ccccc2Cl)cc1. The van der Waals surface area contributed by atoms with Gasteiger partial charge in [-0.2, -0.15) is 0 Å². The lowest BCUT2D eigenvalue weighted by Gasteiger charge is -2.13. The molecule has 0 heterocycles. The number of halogens is 1. The molecule has 0 aliphatic heterocycles. The second-order valence-corrected chi connectivity index (χ2v) is 6.51. The summed E-state index contributed by atoms with van der Waals surface area (Å²) in [5.41, 5.74) is 2.48. The van der Waals surface area contributed by atoms with Crippen molar-refractivity contribution in [3.8, 4) is 11.1 Å². The van der Waals surface area contributed by atoms with Crippen LogP contribution in [0.4, 0.5) is 0 Å². The monoisotopic (exact) mass is 352 g/mol. The minimum atomic E-state index is -0.963. The predicted octanol–water partition coefficient (Wildman–Crippen LogP) is 4.80. The molecule has 2 rings (SSSR count). The molecule has 22 heavy (non-hydrogen) atoms. The highest BCUT2D eigenvalue weighted by atomic mass is 35.5. The minimum Gasteiger partial charge on any atom is -0.482 e. The van der Waals surface area contributed by atoms with Crippen LogP contribution >= 0.6 is 35.6 Å². The fourth-order valence-electron chi connectivity index (χ4n) is 1.94. The van der Waals surface area contributed by atoms with Crippen molar-refractivity contribution < 1.29 is 14.6 Å². The Hall–Kier alpha value is -1.56. The van der Waals surface area contributed by atoms with Gasteiger partial charge in [0.15, 0.2) is 0 Å². The molecule has 0 fully saturated rings. The van der Waals surface area contributed by atoms with E-state index in [4.69, 9.17) is 28.6 Å². The van der Waals surface area contributed by atoms with Crippen molar-refractivity contribution in [1.82, 2.24) is 0 Å². The van der Waals surface area contributed by atoms with Crippen molar-refractivity contribution in [2.45, 2.75) is 5.25 Å². The normalized spacial score (nSPS) is 11.7. The summed E-state index contributed by atoms with van der Waals surface area (Å²) >= 11 is 12.1. The number of hydrogen-bond donors (Lipinski definition) is 1. The Morgan fingerprint density at radius 3 is 2.41 bits per heavy atom. The van der Waals surface area contributed by atoms with Crippen LogP contribution in [0.5, 0.6) is 0 Å². The lowest BCUT2D eigenvalue weighted by molar-refractivity contribution is -0.136. The van der Waals surface area contributed by atoms with Gasteiger partial charge >= 0.3 is 5.97 Å². The van der Waals surface area contributed by atoms with Crippen LogP contribution in [0.15, 0.2) is 48.5 Å². The number of thiocarbonyl (C=S) groups is 1. The minimum absolute atomic E-state index is 0.197. The van der Waals surface area contributed by atoms with Crippen LogP contribution in [0, 0.1) is 0 Å². The number of thioether (sulfide) groups is 1. The molecule has 0 spiro atoms. The molecule has 6 heteroatoms. The van der Waals surface area contributed by atoms with Gasteiger partial charge in [0.25, 0.3) is 0 Å². The van der Waals surface area contributed by atoms with E-state index in [0.29, 0.717) is 10.6 Å². The Morgan fingerprint density at radius 2 is 1.86 bits per heavy atom. The molecular weight excluding hydrogens is 340 g/mol. The Labute approximate surface area is 143 Å². The summed E-state index contributed by atoms with van der Waals surface area (Å²) in [6.45, 7) is 0. The predicted molar refractivity (Wildman–Crippen MR) is 94.5 cm³/mol. The summed E-state index contributed by atoms with van der Waals surface area (Å²) in [7, 11) is 1.43. The average molecular weight is 353 g/mol. The highest BCUT2D eigenvalue weighted by Gasteiger charge is 2.23. The highest BCUT2D eigenvalue weighted by molar-refractivity contribution is 8.23. The average Bonchev–Trinajstić information content (AvgIpc) is 2.53. The van der Waals surface area contributed by atoms with Crippen LogP contribution in [0.25, 0.3) is 11.1 Å². The molecule has 1 unspecified atom stereocenters. The molecule has 3 nitrogen and oxygen atoms in total. The maximum Gasteiger partial charge on any atom is 0.321 e. The van der Waals surface area contributed by atoms with Gasteiger partial charge in [-0.3, -0.25) is 4.79 Å². The van der Waals surface area contributed by atoms with Crippen molar-refractivity contribution in [2.24, 2.45) is 0 Å². The molecule has 1 atom stereocenters. The third kappa shape index (κ3) is 4.00. The van der Waals surface area contributed by atoms with Gasteiger partial charge in [0, 0.05) is 10.6 Å². The maximum absolute atomic E-state index is 11.4. The summed E-state index contributed by atoms with van der Waals surface area (Å²) in [6, 6.07) is 14.7. The van der Waals surface area contributed by atoms with Crippen LogP contribution in [0.3, 0.4) is 0 Å². The number of carbonyl (C=O) groups is 1. The molecule has 0 amide bonds. The standard InChI is InChI=1S/C16H13ClO3S2/c1-20-16(21)22-14(15(18)19)11-8-6-10(7-9-11)12-4-2-3-5-13(12)17/h2-9,14H,1H3,(H,18,19). The molecule has 2 aromatic carbocycles. The number of rotatable bonds is 4. The summed E-state index contributed by atoms with van der Waals surface area (Å²) in [4.78, 5) is 11.4. The third-order valence-corrected chi connectivity index (χ3v) is 4.86. The third-order valence-electron chi connectivity index (χ3n) is 3.00. The van der Waals surface area contributed by atoms with E-state index < -0.39 is 11.2 Å². The molecule has 0 aromatic heterocycles. The van der Waals surface area contributed by atoms with Crippen LogP contribution in [-0.2, 0) is 9.53 Å². The molecule has 0 aliphatic carbocycles. The molecular formula is C16H13ClO3S2. The van der Waals surface area contributed by atoms with Crippen molar-refractivity contribution in [2.75, 3.05) is 7.11 Å². The first kappa shape index (κ1) is 16.8. The summed E-state index contributed by atoms with van der Waals surface area (Å²) in [5, 5.41) is 9.20. The van der Waals surface area contributed by atoms with Crippen molar-refractivity contribution in [3.05, 3.63) is 59.1 Å². The molecule has 0 aliphatic rings. The maximum atomic E-state index is 11.4. The fourth-order valence-corrected chi connectivity index (χ4v) is 3.15. The summed E-state index contributed by atoms with van der Waals surface area (Å²) < 4.78 is 5.07. The largest absolute Gasteiger partial charge is 0.482 e. The van der Waals surface area contributed by atoms with E-state index in [2.05, 4.69) is 0 Å². The second kappa shape index (κ2) is 7.63. The first-order valence-corrected chi connectivity index (χ1v) is 8.01. The van der Waals surface area contributed by atoms with Crippen molar-refractivity contribution in [1.29, 1.82) is 0 Å².